The zero-order chi connectivity index (χ0) is 16.9. The van der Waals surface area contributed by atoms with Gasteiger partial charge in [0.2, 0.25) is 0 Å². The molecule has 2 atom stereocenters. The lowest BCUT2D eigenvalue weighted by molar-refractivity contribution is -0.0533. The Morgan fingerprint density at radius 3 is 2.88 bits per heavy atom. The fourth-order valence-electron chi connectivity index (χ4n) is 3.30. The predicted octanol–water partition coefficient (Wildman–Crippen LogP) is 1.13. The molecule has 0 saturated carbocycles. The number of piperidine rings is 1. The van der Waals surface area contributed by atoms with Crippen molar-refractivity contribution in [3.05, 3.63) is 23.2 Å². The van der Waals surface area contributed by atoms with E-state index in [-0.39, 0.29) is 17.2 Å². The van der Waals surface area contributed by atoms with Crippen LogP contribution >= 0.6 is 11.6 Å². The van der Waals surface area contributed by atoms with E-state index >= 15 is 0 Å². The molecule has 8 heteroatoms. The third-order valence-electron chi connectivity index (χ3n) is 4.69. The predicted molar refractivity (Wildman–Crippen MR) is 89.1 cm³/mol. The number of nitrogens with zero attached hydrogens (tertiary/aromatic N) is 3. The lowest BCUT2D eigenvalue weighted by Gasteiger charge is -2.38. The number of amides is 1. The van der Waals surface area contributed by atoms with Crippen LogP contribution in [0.3, 0.4) is 0 Å². The Morgan fingerprint density at radius 2 is 2.17 bits per heavy atom. The first-order valence-corrected chi connectivity index (χ1v) is 8.68. The molecule has 7 nitrogen and oxygen atoms in total. The molecule has 2 saturated heterocycles. The van der Waals surface area contributed by atoms with E-state index in [1.54, 1.807) is 7.11 Å². The third kappa shape index (κ3) is 4.22. The average molecular weight is 355 g/mol. The number of halogens is 1. The van der Waals surface area contributed by atoms with E-state index in [1.165, 1.54) is 12.4 Å². The van der Waals surface area contributed by atoms with Gasteiger partial charge in [-0.05, 0) is 19.3 Å². The van der Waals surface area contributed by atoms with Gasteiger partial charge in [0.1, 0.15) is 17.2 Å². The Bertz CT molecular complexity index is 566. The van der Waals surface area contributed by atoms with E-state index in [0.717, 1.165) is 25.9 Å². The van der Waals surface area contributed by atoms with Crippen LogP contribution in [0.1, 0.15) is 29.8 Å². The lowest BCUT2D eigenvalue weighted by Crippen LogP contribution is -2.54. The van der Waals surface area contributed by atoms with Crippen molar-refractivity contribution in [2.24, 2.45) is 0 Å². The van der Waals surface area contributed by atoms with Crippen molar-refractivity contribution in [3.63, 3.8) is 0 Å². The second-order valence-corrected chi connectivity index (χ2v) is 6.59. The molecule has 0 spiro atoms. The number of likely N-dealkylation sites (tertiary alicyclic amines) is 1. The molecule has 1 aromatic heterocycles. The molecule has 0 radical (unpaired) electrons. The van der Waals surface area contributed by atoms with Crippen molar-refractivity contribution in [1.82, 2.24) is 20.2 Å². The van der Waals surface area contributed by atoms with Gasteiger partial charge in [-0.1, -0.05) is 11.6 Å². The van der Waals surface area contributed by atoms with Gasteiger partial charge in [0.25, 0.3) is 5.91 Å². The summed E-state index contributed by atoms with van der Waals surface area (Å²) in [6, 6.07) is 2.22. The van der Waals surface area contributed by atoms with E-state index in [2.05, 4.69) is 15.3 Å². The second-order valence-electron chi connectivity index (χ2n) is 6.20. The topological polar surface area (TPSA) is 76.6 Å². The normalized spacial score (nSPS) is 25.7. The Labute approximate surface area is 146 Å². The van der Waals surface area contributed by atoms with Gasteiger partial charge in [0.15, 0.2) is 0 Å². The van der Waals surface area contributed by atoms with Crippen molar-refractivity contribution in [1.29, 1.82) is 0 Å². The van der Waals surface area contributed by atoms with Crippen molar-refractivity contribution in [2.75, 3.05) is 33.4 Å². The highest BCUT2D eigenvalue weighted by Gasteiger charge is 2.30. The van der Waals surface area contributed by atoms with Crippen LogP contribution in [-0.4, -0.2) is 72.4 Å². The summed E-state index contributed by atoms with van der Waals surface area (Å²) in [5.74, 6) is -0.0846. The zero-order valence-electron chi connectivity index (χ0n) is 13.8. The van der Waals surface area contributed by atoms with Gasteiger partial charge in [-0.15, -0.1) is 0 Å². The lowest BCUT2D eigenvalue weighted by atomic mass is 9.99. The summed E-state index contributed by atoms with van der Waals surface area (Å²) < 4.78 is 11.0. The number of nitrogens with one attached hydrogen (secondary N) is 1. The van der Waals surface area contributed by atoms with Gasteiger partial charge >= 0.3 is 0 Å². The number of ether oxygens (including phenoxy) is 2. The number of hydrogen-bond donors (Lipinski definition) is 1. The maximum atomic E-state index is 12.5. The number of aromatic nitrogens is 2. The Morgan fingerprint density at radius 1 is 1.38 bits per heavy atom. The van der Waals surface area contributed by atoms with Crippen molar-refractivity contribution >= 4 is 17.5 Å². The molecule has 1 aromatic rings. The Kier molecular flexibility index (Phi) is 5.99. The second kappa shape index (κ2) is 8.20. The Hall–Kier alpha value is -1.28. The molecule has 24 heavy (non-hydrogen) atoms. The first-order chi connectivity index (χ1) is 11.7. The molecule has 3 rings (SSSR count). The molecule has 2 aliphatic rings. The SMILES string of the molecule is CO[C@H]1COCCC1NC1CCN(C(=O)c2cc(Cl)ncn2)CC1. The highest BCUT2D eigenvalue weighted by Crippen LogP contribution is 2.18. The molecule has 3 heterocycles. The summed E-state index contributed by atoms with van der Waals surface area (Å²) in [6.45, 7) is 2.82. The smallest absolute Gasteiger partial charge is 0.272 e. The minimum Gasteiger partial charge on any atom is -0.379 e. The fourth-order valence-corrected chi connectivity index (χ4v) is 3.45. The van der Waals surface area contributed by atoms with E-state index < -0.39 is 0 Å². The summed E-state index contributed by atoms with van der Waals surface area (Å²) in [4.78, 5) is 22.1. The van der Waals surface area contributed by atoms with Gasteiger partial charge in [-0.2, -0.15) is 0 Å². The molecule has 0 aromatic carbocycles. The molecule has 0 bridgehead atoms. The van der Waals surface area contributed by atoms with Crippen LogP contribution in [0.5, 0.6) is 0 Å². The summed E-state index contributed by atoms with van der Waals surface area (Å²) in [5.41, 5.74) is 0.352. The largest absolute Gasteiger partial charge is 0.379 e. The molecule has 2 aliphatic heterocycles. The average Bonchev–Trinajstić information content (AvgIpc) is 2.62. The van der Waals surface area contributed by atoms with E-state index in [0.29, 0.717) is 37.5 Å². The van der Waals surface area contributed by atoms with Crippen molar-refractivity contribution in [2.45, 2.75) is 37.5 Å². The number of rotatable bonds is 4. The Balaban J connectivity index is 1.51. The van der Waals surface area contributed by atoms with Gasteiger partial charge in [-0.25, -0.2) is 9.97 Å². The van der Waals surface area contributed by atoms with Gasteiger partial charge in [0, 0.05) is 45.0 Å². The van der Waals surface area contributed by atoms with Crippen LogP contribution in [0.4, 0.5) is 0 Å². The minimum absolute atomic E-state index is 0.0846. The van der Waals surface area contributed by atoms with Gasteiger partial charge in [0.05, 0.1) is 12.7 Å². The van der Waals surface area contributed by atoms with E-state index in [1.807, 2.05) is 4.90 Å². The molecule has 2 fully saturated rings. The van der Waals surface area contributed by atoms with Crippen LogP contribution in [0.2, 0.25) is 5.15 Å². The van der Waals surface area contributed by atoms with E-state index in [9.17, 15) is 4.79 Å². The van der Waals surface area contributed by atoms with Gasteiger partial charge < -0.3 is 19.7 Å². The first-order valence-electron chi connectivity index (χ1n) is 8.31. The molecule has 1 amide bonds. The summed E-state index contributed by atoms with van der Waals surface area (Å²) in [7, 11) is 1.72. The maximum Gasteiger partial charge on any atom is 0.272 e. The van der Waals surface area contributed by atoms with Crippen LogP contribution in [0, 0.1) is 0 Å². The molecule has 132 valence electrons. The summed E-state index contributed by atoms with van der Waals surface area (Å²) in [5, 5.41) is 3.96. The molecule has 1 N–H and O–H groups in total. The number of carbonyl (C=O) groups is 1. The highest BCUT2D eigenvalue weighted by molar-refractivity contribution is 6.29. The van der Waals surface area contributed by atoms with Crippen molar-refractivity contribution in [3.8, 4) is 0 Å². The van der Waals surface area contributed by atoms with Crippen LogP contribution in [0.15, 0.2) is 12.4 Å². The monoisotopic (exact) mass is 354 g/mol. The quantitative estimate of drug-likeness (QED) is 0.817. The van der Waals surface area contributed by atoms with Crippen molar-refractivity contribution < 1.29 is 14.3 Å². The molecular formula is C16H23ClN4O3. The van der Waals surface area contributed by atoms with Crippen LogP contribution in [0.25, 0.3) is 0 Å². The number of hydrogen-bond acceptors (Lipinski definition) is 6. The summed E-state index contributed by atoms with van der Waals surface area (Å²) in [6.07, 6.45) is 4.20. The van der Waals surface area contributed by atoms with Crippen LogP contribution in [-0.2, 0) is 9.47 Å². The molecule has 0 aliphatic carbocycles. The summed E-state index contributed by atoms with van der Waals surface area (Å²) >= 11 is 5.83. The first kappa shape index (κ1) is 17.5. The molecular weight excluding hydrogens is 332 g/mol. The maximum absolute atomic E-state index is 12.5. The zero-order valence-corrected chi connectivity index (χ0v) is 14.5. The highest BCUT2D eigenvalue weighted by atomic mass is 35.5. The molecule has 1 unspecified atom stereocenters. The van der Waals surface area contributed by atoms with Crippen LogP contribution < -0.4 is 5.32 Å². The van der Waals surface area contributed by atoms with Gasteiger partial charge in [-0.3, -0.25) is 4.79 Å². The number of methoxy groups -OCH3 is 1. The third-order valence-corrected chi connectivity index (χ3v) is 4.90. The number of carbonyl (C=O) groups excluding carboxylic acids is 1. The minimum atomic E-state index is -0.0846. The van der Waals surface area contributed by atoms with E-state index in [4.69, 9.17) is 21.1 Å². The standard InChI is InChI=1S/C16H23ClN4O3/c1-23-14-9-24-7-4-12(14)20-11-2-5-21(6-3-11)16(22)13-8-15(17)19-10-18-13/h8,10-12,14,20H,2-7,9H2,1H3/t12?,14-/m0/s1. The fraction of sp³-hybridized carbons (Fsp3) is 0.688.